The number of hydrogen-bond acceptors (Lipinski definition) is 2. The molecule has 0 atom stereocenters. The second kappa shape index (κ2) is 5.78. The Labute approximate surface area is 67.6 Å². The number of carbonyl (C=O) groups is 1. The molecule has 0 aliphatic rings. The summed E-state index contributed by atoms with van der Waals surface area (Å²) in [6, 6.07) is 0. The van der Waals surface area contributed by atoms with Gasteiger partial charge in [0.15, 0.2) is 5.12 Å². The van der Waals surface area contributed by atoms with Gasteiger partial charge < -0.3 is 0 Å². The summed E-state index contributed by atoms with van der Waals surface area (Å²) in [5.41, 5.74) is 0. The average Bonchev–Trinajstić information content (AvgIpc) is 1.88. The van der Waals surface area contributed by atoms with Crippen LogP contribution >= 0.6 is 11.8 Å². The number of carbonyl (C=O) groups excluding carboxylic acids is 1. The average molecular weight is 160 g/mol. The second-order valence-electron chi connectivity index (χ2n) is 2.68. The van der Waals surface area contributed by atoms with Crippen molar-refractivity contribution in [2.75, 3.05) is 5.75 Å². The maximum Gasteiger partial charge on any atom is 0.191 e. The van der Waals surface area contributed by atoms with Gasteiger partial charge in [-0.25, -0.2) is 0 Å². The Hall–Kier alpha value is 0.0200. The van der Waals surface area contributed by atoms with Gasteiger partial charge in [-0.2, -0.15) is 0 Å². The normalized spacial score (nSPS) is 10.4. The second-order valence-corrected chi connectivity index (χ2v) is 3.78. The van der Waals surface area contributed by atoms with Crippen molar-refractivity contribution in [1.82, 2.24) is 0 Å². The number of hydrogen-bond donors (Lipinski definition) is 0. The lowest BCUT2D eigenvalue weighted by atomic mass is 10.3. The topological polar surface area (TPSA) is 17.1 Å². The van der Waals surface area contributed by atoms with Gasteiger partial charge in [-0.15, -0.1) is 0 Å². The van der Waals surface area contributed by atoms with E-state index in [1.54, 1.807) is 0 Å². The first-order valence-electron chi connectivity index (χ1n) is 3.85. The van der Waals surface area contributed by atoms with Crippen molar-refractivity contribution in [3.8, 4) is 0 Å². The predicted octanol–water partition coefficient (Wildman–Crippen LogP) is 2.70. The van der Waals surface area contributed by atoms with Crippen molar-refractivity contribution < 1.29 is 4.79 Å². The fourth-order valence-corrected chi connectivity index (χ4v) is 1.45. The zero-order valence-electron chi connectivity index (χ0n) is 7.02. The minimum absolute atomic E-state index is 0.196. The molecule has 0 saturated heterocycles. The summed E-state index contributed by atoms with van der Waals surface area (Å²) in [5.74, 6) is 1.19. The molecule has 0 aromatic heterocycles. The molecule has 0 aliphatic carbocycles. The molecular weight excluding hydrogens is 144 g/mol. The van der Waals surface area contributed by atoms with Crippen LogP contribution in [0.3, 0.4) is 0 Å². The summed E-state index contributed by atoms with van der Waals surface area (Å²) in [4.78, 5) is 11.0. The SMILES string of the molecule is CCCCSC(=O)C(C)C. The van der Waals surface area contributed by atoms with Crippen LogP contribution in [-0.4, -0.2) is 10.9 Å². The maximum absolute atomic E-state index is 11.0. The molecular formula is C8H16OS. The number of rotatable bonds is 4. The van der Waals surface area contributed by atoms with E-state index < -0.39 is 0 Å². The highest BCUT2D eigenvalue weighted by Gasteiger charge is 2.05. The van der Waals surface area contributed by atoms with Crippen molar-refractivity contribution in [2.24, 2.45) is 5.92 Å². The van der Waals surface area contributed by atoms with E-state index in [1.807, 2.05) is 13.8 Å². The molecule has 0 aromatic carbocycles. The maximum atomic E-state index is 11.0. The molecule has 0 unspecified atom stereocenters. The molecule has 2 heteroatoms. The Balaban J connectivity index is 3.22. The molecule has 0 heterocycles. The van der Waals surface area contributed by atoms with Gasteiger partial charge in [-0.1, -0.05) is 39.0 Å². The highest BCUT2D eigenvalue weighted by molar-refractivity contribution is 8.13. The van der Waals surface area contributed by atoms with Crippen LogP contribution in [-0.2, 0) is 4.79 Å². The molecule has 1 nitrogen and oxygen atoms in total. The monoisotopic (exact) mass is 160 g/mol. The third kappa shape index (κ3) is 4.86. The van der Waals surface area contributed by atoms with E-state index in [9.17, 15) is 4.79 Å². The predicted molar refractivity (Wildman–Crippen MR) is 47.2 cm³/mol. The first-order valence-corrected chi connectivity index (χ1v) is 4.83. The molecule has 0 radical (unpaired) electrons. The Kier molecular flexibility index (Phi) is 5.79. The van der Waals surface area contributed by atoms with E-state index in [4.69, 9.17) is 0 Å². The van der Waals surface area contributed by atoms with Crippen LogP contribution in [0.25, 0.3) is 0 Å². The van der Waals surface area contributed by atoms with Gasteiger partial charge >= 0.3 is 0 Å². The van der Waals surface area contributed by atoms with Crippen LogP contribution in [0.15, 0.2) is 0 Å². The smallest absolute Gasteiger partial charge is 0.191 e. The molecule has 60 valence electrons. The van der Waals surface area contributed by atoms with E-state index in [1.165, 1.54) is 18.2 Å². The van der Waals surface area contributed by atoms with Gasteiger partial charge in [-0.05, 0) is 6.42 Å². The van der Waals surface area contributed by atoms with Crippen molar-refractivity contribution in [2.45, 2.75) is 33.6 Å². The lowest BCUT2D eigenvalue weighted by Crippen LogP contribution is -2.01. The lowest BCUT2D eigenvalue weighted by molar-refractivity contribution is -0.113. The van der Waals surface area contributed by atoms with Gasteiger partial charge in [-0.3, -0.25) is 4.79 Å². The number of thioether (sulfide) groups is 1. The van der Waals surface area contributed by atoms with Crippen molar-refractivity contribution in [3.63, 3.8) is 0 Å². The standard InChI is InChI=1S/C8H16OS/c1-4-5-6-10-8(9)7(2)3/h7H,4-6H2,1-3H3. The molecule has 0 aromatic rings. The van der Waals surface area contributed by atoms with Gasteiger partial charge in [0.25, 0.3) is 0 Å². The van der Waals surface area contributed by atoms with Crippen LogP contribution in [0.5, 0.6) is 0 Å². The van der Waals surface area contributed by atoms with Crippen LogP contribution in [0.1, 0.15) is 33.6 Å². The molecule has 0 bridgehead atoms. The minimum atomic E-state index is 0.196. The van der Waals surface area contributed by atoms with E-state index in [0.29, 0.717) is 5.12 Å². The fourth-order valence-electron chi connectivity index (χ4n) is 0.484. The van der Waals surface area contributed by atoms with Crippen molar-refractivity contribution in [3.05, 3.63) is 0 Å². The zero-order valence-corrected chi connectivity index (χ0v) is 7.83. The van der Waals surface area contributed by atoms with Gasteiger partial charge in [0.2, 0.25) is 0 Å². The van der Waals surface area contributed by atoms with Crippen molar-refractivity contribution >= 4 is 16.9 Å². The quantitative estimate of drug-likeness (QED) is 0.588. The lowest BCUT2D eigenvalue weighted by Gasteiger charge is -2.01. The highest BCUT2D eigenvalue weighted by Crippen LogP contribution is 2.11. The zero-order chi connectivity index (χ0) is 7.98. The van der Waals surface area contributed by atoms with Gasteiger partial charge in [0.05, 0.1) is 0 Å². The van der Waals surface area contributed by atoms with Gasteiger partial charge in [0, 0.05) is 11.7 Å². The summed E-state index contributed by atoms with van der Waals surface area (Å²) in [6.07, 6.45) is 2.33. The first kappa shape index (κ1) is 10.0. The molecule has 0 saturated carbocycles. The summed E-state index contributed by atoms with van der Waals surface area (Å²) in [6.45, 7) is 6.03. The Morgan fingerprint density at radius 3 is 2.50 bits per heavy atom. The molecule has 10 heavy (non-hydrogen) atoms. The Bertz CT molecular complexity index is 99.4. The fraction of sp³-hybridized carbons (Fsp3) is 0.875. The molecule has 0 aliphatic heterocycles. The molecule has 0 N–H and O–H groups in total. The van der Waals surface area contributed by atoms with Crippen LogP contribution < -0.4 is 0 Å². The van der Waals surface area contributed by atoms with Gasteiger partial charge in [0.1, 0.15) is 0 Å². The van der Waals surface area contributed by atoms with Crippen LogP contribution in [0, 0.1) is 5.92 Å². The Morgan fingerprint density at radius 2 is 2.10 bits per heavy atom. The first-order chi connectivity index (χ1) is 4.68. The summed E-state index contributed by atoms with van der Waals surface area (Å²) < 4.78 is 0. The largest absolute Gasteiger partial charge is 0.287 e. The van der Waals surface area contributed by atoms with E-state index in [-0.39, 0.29) is 5.92 Å². The third-order valence-electron chi connectivity index (χ3n) is 1.21. The summed E-state index contributed by atoms with van der Waals surface area (Å²) in [7, 11) is 0. The molecule has 0 rings (SSSR count). The van der Waals surface area contributed by atoms with Crippen LogP contribution in [0.2, 0.25) is 0 Å². The summed E-state index contributed by atoms with van der Waals surface area (Å²) >= 11 is 1.47. The van der Waals surface area contributed by atoms with Crippen molar-refractivity contribution in [1.29, 1.82) is 0 Å². The highest BCUT2D eigenvalue weighted by atomic mass is 32.2. The van der Waals surface area contributed by atoms with E-state index in [2.05, 4.69) is 6.92 Å². The molecule has 0 fully saturated rings. The number of unbranched alkanes of at least 4 members (excludes halogenated alkanes) is 1. The molecule has 0 spiro atoms. The van der Waals surface area contributed by atoms with E-state index >= 15 is 0 Å². The Morgan fingerprint density at radius 1 is 1.50 bits per heavy atom. The molecule has 0 amide bonds. The summed E-state index contributed by atoms with van der Waals surface area (Å²) in [5, 5.41) is 0.327. The van der Waals surface area contributed by atoms with Crippen LogP contribution in [0.4, 0.5) is 0 Å². The minimum Gasteiger partial charge on any atom is -0.287 e. The third-order valence-corrected chi connectivity index (χ3v) is 2.46. The van der Waals surface area contributed by atoms with E-state index in [0.717, 1.165) is 12.2 Å².